The van der Waals surface area contributed by atoms with Crippen LogP contribution in [0.4, 0.5) is 0 Å². The molecule has 2 aliphatic rings. The van der Waals surface area contributed by atoms with Gasteiger partial charge in [0.15, 0.2) is 15.9 Å². The van der Waals surface area contributed by atoms with E-state index in [0.29, 0.717) is 28.9 Å². The Labute approximate surface area is 155 Å². The van der Waals surface area contributed by atoms with E-state index in [1.54, 1.807) is 18.8 Å². The number of imidazole rings is 1. The Morgan fingerprint density at radius 3 is 2.80 bits per heavy atom. The highest BCUT2D eigenvalue weighted by Gasteiger charge is 2.55. The maximum atomic E-state index is 13.0. The van der Waals surface area contributed by atoms with Gasteiger partial charge in [-0.15, -0.1) is 0 Å². The van der Waals surface area contributed by atoms with Gasteiger partial charge in [-0.05, 0) is 29.3 Å². The van der Waals surface area contributed by atoms with Crippen molar-refractivity contribution in [3.63, 3.8) is 0 Å². The van der Waals surface area contributed by atoms with Crippen molar-refractivity contribution in [1.82, 2.24) is 23.6 Å². The van der Waals surface area contributed by atoms with E-state index in [-0.39, 0.29) is 23.6 Å². The molecule has 0 radical (unpaired) electrons. The number of aliphatic hydroxyl groups excluding tert-OH is 1. The van der Waals surface area contributed by atoms with E-state index < -0.39 is 5.69 Å². The van der Waals surface area contributed by atoms with Crippen LogP contribution in [-0.2, 0) is 20.1 Å². The Kier molecular flexibility index (Phi) is 3.89. The molecule has 134 valence electrons. The summed E-state index contributed by atoms with van der Waals surface area (Å²) < 4.78 is 4.96. The highest BCUT2D eigenvalue weighted by atomic mass is 79.9. The highest BCUT2D eigenvalue weighted by molar-refractivity contribution is 9.10. The fourth-order valence-corrected chi connectivity index (χ4v) is 5.18. The number of thioether (sulfide) groups is 1. The summed E-state index contributed by atoms with van der Waals surface area (Å²) in [4.78, 5) is 33.2. The van der Waals surface area contributed by atoms with Crippen molar-refractivity contribution in [3.8, 4) is 0 Å². The maximum absolute atomic E-state index is 13.0. The normalized spacial score (nSPS) is 21.8. The van der Waals surface area contributed by atoms with Gasteiger partial charge in [-0.3, -0.25) is 13.9 Å². The SMILES string of the molecule is CC1=CN2CC2(Cn2c(Br)nc3c2c(=O)n(CCCO)c(=O)n3C)S1. The molecule has 0 aliphatic carbocycles. The Bertz CT molecular complexity index is 1020. The van der Waals surface area contributed by atoms with Crippen LogP contribution >= 0.6 is 27.7 Å². The minimum absolute atomic E-state index is 0.0582. The molecule has 1 N–H and O–H groups in total. The number of aromatic nitrogens is 4. The summed E-state index contributed by atoms with van der Waals surface area (Å²) in [6, 6.07) is 0. The molecule has 4 heterocycles. The molecule has 0 amide bonds. The third-order valence-electron chi connectivity index (χ3n) is 4.66. The first-order valence-electron chi connectivity index (χ1n) is 7.98. The van der Waals surface area contributed by atoms with Gasteiger partial charge in [0, 0.05) is 31.3 Å². The van der Waals surface area contributed by atoms with E-state index in [1.165, 1.54) is 14.0 Å². The lowest BCUT2D eigenvalue weighted by Gasteiger charge is -2.14. The lowest BCUT2D eigenvalue weighted by Crippen LogP contribution is -2.40. The second-order valence-corrected chi connectivity index (χ2v) is 8.75. The van der Waals surface area contributed by atoms with Gasteiger partial charge in [0.1, 0.15) is 4.87 Å². The van der Waals surface area contributed by atoms with Gasteiger partial charge in [0.2, 0.25) is 0 Å². The van der Waals surface area contributed by atoms with Crippen LogP contribution in [0.5, 0.6) is 0 Å². The molecule has 0 bridgehead atoms. The van der Waals surface area contributed by atoms with Crippen LogP contribution in [-0.4, -0.2) is 46.7 Å². The number of hydrogen-bond acceptors (Lipinski definition) is 6. The first-order valence-corrected chi connectivity index (χ1v) is 9.59. The zero-order valence-corrected chi connectivity index (χ0v) is 16.3. The molecular weight excluding hydrogens is 410 g/mol. The van der Waals surface area contributed by atoms with Crippen molar-refractivity contribution in [1.29, 1.82) is 0 Å². The Morgan fingerprint density at radius 1 is 1.40 bits per heavy atom. The van der Waals surface area contributed by atoms with E-state index in [9.17, 15) is 9.59 Å². The third kappa shape index (κ3) is 2.49. The number of halogens is 1. The summed E-state index contributed by atoms with van der Waals surface area (Å²) in [5, 5.41) is 9.04. The number of rotatable bonds is 5. The molecule has 0 aromatic carbocycles. The van der Waals surface area contributed by atoms with Crippen molar-refractivity contribution in [3.05, 3.63) is 36.7 Å². The van der Waals surface area contributed by atoms with Crippen LogP contribution in [0.25, 0.3) is 11.2 Å². The Balaban J connectivity index is 1.85. The van der Waals surface area contributed by atoms with E-state index in [2.05, 4.69) is 38.9 Å². The van der Waals surface area contributed by atoms with Gasteiger partial charge in [-0.25, -0.2) is 9.78 Å². The van der Waals surface area contributed by atoms with Gasteiger partial charge < -0.3 is 14.6 Å². The summed E-state index contributed by atoms with van der Waals surface area (Å²) in [5.41, 5.74) is 0.0137. The zero-order valence-electron chi connectivity index (χ0n) is 13.9. The standard InChI is InChI=1S/C15H18BrN5O3S/c1-9-6-19-7-15(19,25-9)8-21-10-11(17-13(21)16)18(2)14(24)20(12(10)23)4-3-5-22/h6,22H,3-5,7-8H2,1-2H3. The molecule has 1 fully saturated rings. The van der Waals surface area contributed by atoms with Gasteiger partial charge in [0.05, 0.1) is 13.1 Å². The first kappa shape index (κ1) is 16.9. The van der Waals surface area contributed by atoms with E-state index in [0.717, 1.165) is 6.54 Å². The molecule has 25 heavy (non-hydrogen) atoms. The van der Waals surface area contributed by atoms with Gasteiger partial charge in [-0.1, -0.05) is 11.8 Å². The summed E-state index contributed by atoms with van der Waals surface area (Å²) in [6.45, 7) is 3.73. The van der Waals surface area contributed by atoms with Crippen LogP contribution in [0, 0.1) is 0 Å². The van der Waals surface area contributed by atoms with Crippen LogP contribution in [0.1, 0.15) is 13.3 Å². The predicted molar refractivity (Wildman–Crippen MR) is 99.4 cm³/mol. The second kappa shape index (κ2) is 5.75. The summed E-state index contributed by atoms with van der Waals surface area (Å²) in [7, 11) is 1.61. The molecule has 2 aromatic heterocycles. The summed E-state index contributed by atoms with van der Waals surface area (Å²) in [6.07, 6.45) is 2.49. The minimum Gasteiger partial charge on any atom is -0.396 e. The molecule has 2 aliphatic heterocycles. The lowest BCUT2D eigenvalue weighted by molar-refractivity contribution is 0.277. The first-order chi connectivity index (χ1) is 11.9. The average molecular weight is 428 g/mol. The number of nitrogens with zero attached hydrogens (tertiary/aromatic N) is 5. The molecule has 0 spiro atoms. The van der Waals surface area contributed by atoms with Crippen molar-refractivity contribution in [2.24, 2.45) is 7.05 Å². The smallest absolute Gasteiger partial charge is 0.332 e. The molecule has 2 aromatic rings. The van der Waals surface area contributed by atoms with Gasteiger partial charge >= 0.3 is 5.69 Å². The topological polar surface area (TPSA) is 85.1 Å². The van der Waals surface area contributed by atoms with Gasteiger partial charge in [0.25, 0.3) is 5.56 Å². The molecule has 10 heteroatoms. The average Bonchev–Trinajstić information content (AvgIpc) is 2.95. The van der Waals surface area contributed by atoms with E-state index in [1.807, 2.05) is 4.57 Å². The molecule has 8 nitrogen and oxygen atoms in total. The molecule has 4 rings (SSSR count). The monoisotopic (exact) mass is 427 g/mol. The Hall–Kier alpha value is -1.52. The molecule has 1 atom stereocenters. The second-order valence-electron chi connectivity index (χ2n) is 6.43. The quantitative estimate of drug-likeness (QED) is 0.557. The van der Waals surface area contributed by atoms with E-state index in [4.69, 9.17) is 5.11 Å². The molecular formula is C15H18BrN5O3S. The van der Waals surface area contributed by atoms with Gasteiger partial charge in [-0.2, -0.15) is 0 Å². The van der Waals surface area contributed by atoms with Crippen LogP contribution < -0.4 is 11.2 Å². The van der Waals surface area contributed by atoms with Crippen molar-refractivity contribution in [2.75, 3.05) is 13.2 Å². The van der Waals surface area contributed by atoms with Crippen molar-refractivity contribution in [2.45, 2.75) is 31.3 Å². The number of allylic oxidation sites excluding steroid dienone is 1. The number of fused-ring (bicyclic) bond motifs is 2. The van der Waals surface area contributed by atoms with Crippen LogP contribution in [0.3, 0.4) is 0 Å². The maximum Gasteiger partial charge on any atom is 0.332 e. The lowest BCUT2D eigenvalue weighted by atomic mass is 10.4. The van der Waals surface area contributed by atoms with E-state index >= 15 is 0 Å². The fourth-order valence-electron chi connectivity index (χ4n) is 3.37. The number of aliphatic hydroxyl groups is 1. The van der Waals surface area contributed by atoms with Crippen LogP contribution in [0.2, 0.25) is 0 Å². The molecule has 1 saturated heterocycles. The van der Waals surface area contributed by atoms with Crippen molar-refractivity contribution >= 4 is 38.9 Å². The summed E-state index contributed by atoms with van der Waals surface area (Å²) in [5.74, 6) is 0. The third-order valence-corrected chi connectivity index (χ3v) is 6.56. The minimum atomic E-state index is -0.415. The summed E-state index contributed by atoms with van der Waals surface area (Å²) >= 11 is 5.24. The van der Waals surface area contributed by atoms with Crippen molar-refractivity contribution < 1.29 is 5.11 Å². The predicted octanol–water partition coefficient (Wildman–Crippen LogP) is 0.662. The number of hydrogen-bond donors (Lipinski definition) is 1. The molecule has 0 saturated carbocycles. The Morgan fingerprint density at radius 2 is 2.16 bits per heavy atom. The zero-order chi connectivity index (χ0) is 17.9. The fraction of sp³-hybridized carbons (Fsp3) is 0.533. The highest BCUT2D eigenvalue weighted by Crippen LogP contribution is 2.54. The largest absolute Gasteiger partial charge is 0.396 e. The number of aryl methyl sites for hydroxylation is 1. The molecule has 1 unspecified atom stereocenters. The van der Waals surface area contributed by atoms with Crippen LogP contribution in [0.15, 0.2) is 25.4 Å².